The van der Waals surface area contributed by atoms with Crippen molar-refractivity contribution in [2.45, 2.75) is 13.1 Å². The Balaban J connectivity index is 1.66. The highest BCUT2D eigenvalue weighted by Crippen LogP contribution is 2.15. The van der Waals surface area contributed by atoms with Gasteiger partial charge in [-0.2, -0.15) is 5.10 Å². The average molecular weight is 350 g/mol. The van der Waals surface area contributed by atoms with Crippen LogP contribution < -0.4 is 0 Å². The third kappa shape index (κ3) is 4.13. The quantitative estimate of drug-likeness (QED) is 0.505. The summed E-state index contributed by atoms with van der Waals surface area (Å²) in [6, 6.07) is 15.7. The van der Waals surface area contributed by atoms with Gasteiger partial charge in [0.15, 0.2) is 0 Å². The second-order valence-electron chi connectivity index (χ2n) is 6.00. The fourth-order valence-electron chi connectivity index (χ4n) is 2.66. The maximum Gasteiger partial charge on any atom is 0.270 e. The number of nitro benzene ring substituents is 1. The van der Waals surface area contributed by atoms with E-state index in [0.717, 1.165) is 11.1 Å². The molecule has 0 aliphatic rings. The van der Waals surface area contributed by atoms with Gasteiger partial charge >= 0.3 is 0 Å². The van der Waals surface area contributed by atoms with Crippen LogP contribution in [0.2, 0.25) is 0 Å². The molecule has 0 atom stereocenters. The van der Waals surface area contributed by atoms with E-state index in [9.17, 15) is 14.9 Å². The highest BCUT2D eigenvalue weighted by molar-refractivity contribution is 5.94. The summed E-state index contributed by atoms with van der Waals surface area (Å²) in [5, 5.41) is 15.2. The maximum absolute atomic E-state index is 12.5. The molecule has 0 N–H and O–H groups in total. The minimum Gasteiger partial charge on any atom is -0.337 e. The Morgan fingerprint density at radius 2 is 1.92 bits per heavy atom. The summed E-state index contributed by atoms with van der Waals surface area (Å²) >= 11 is 0. The number of carbonyl (C=O) groups excluding carboxylic acids is 1. The van der Waals surface area contributed by atoms with E-state index in [1.54, 1.807) is 19.3 Å². The minimum absolute atomic E-state index is 0.0973. The first-order valence-electron chi connectivity index (χ1n) is 8.08. The fourth-order valence-corrected chi connectivity index (χ4v) is 2.66. The van der Waals surface area contributed by atoms with Crippen molar-refractivity contribution in [3.63, 3.8) is 0 Å². The van der Waals surface area contributed by atoms with Crippen molar-refractivity contribution in [3.8, 4) is 0 Å². The molecule has 2 aromatic carbocycles. The molecule has 132 valence electrons. The van der Waals surface area contributed by atoms with Gasteiger partial charge in [0.2, 0.25) is 0 Å². The van der Waals surface area contributed by atoms with E-state index >= 15 is 0 Å². The lowest BCUT2D eigenvalue weighted by atomic mass is 10.1. The van der Waals surface area contributed by atoms with Crippen LogP contribution in [0.3, 0.4) is 0 Å². The number of rotatable bonds is 6. The molecule has 0 bridgehead atoms. The third-order valence-electron chi connectivity index (χ3n) is 3.94. The number of hydrogen-bond acceptors (Lipinski definition) is 4. The molecule has 3 aromatic rings. The van der Waals surface area contributed by atoms with E-state index in [4.69, 9.17) is 0 Å². The molecule has 0 saturated heterocycles. The Hall–Kier alpha value is -3.48. The van der Waals surface area contributed by atoms with Crippen molar-refractivity contribution in [2.75, 3.05) is 7.05 Å². The Kier molecular flexibility index (Phi) is 5.07. The molecule has 0 unspecified atom stereocenters. The van der Waals surface area contributed by atoms with Gasteiger partial charge in [0.05, 0.1) is 17.7 Å². The Morgan fingerprint density at radius 3 is 2.65 bits per heavy atom. The van der Waals surface area contributed by atoms with Crippen LogP contribution in [0, 0.1) is 10.1 Å². The van der Waals surface area contributed by atoms with Crippen LogP contribution in [0.4, 0.5) is 5.69 Å². The Morgan fingerprint density at radius 1 is 1.15 bits per heavy atom. The summed E-state index contributed by atoms with van der Waals surface area (Å²) in [4.78, 5) is 24.4. The number of amides is 1. The van der Waals surface area contributed by atoms with Gasteiger partial charge in [0.1, 0.15) is 0 Å². The van der Waals surface area contributed by atoms with Crippen molar-refractivity contribution in [1.29, 1.82) is 0 Å². The van der Waals surface area contributed by atoms with Gasteiger partial charge in [-0.3, -0.25) is 19.6 Å². The molecule has 0 radical (unpaired) electrons. The summed E-state index contributed by atoms with van der Waals surface area (Å²) in [5.74, 6) is -0.274. The fraction of sp³-hybridized carbons (Fsp3) is 0.158. The van der Waals surface area contributed by atoms with Crippen LogP contribution in [0.5, 0.6) is 0 Å². The standard InChI is InChI=1S/C19H18N4O3/c1-21(19(24)17-8-5-9-18(10-17)23(25)26)12-16-11-20-22(14-16)13-15-6-3-2-4-7-15/h2-11,14H,12-13H2,1H3. The molecule has 7 heteroatoms. The van der Waals surface area contributed by atoms with Crippen molar-refractivity contribution in [3.05, 3.63) is 93.8 Å². The molecule has 1 amide bonds. The number of carbonyl (C=O) groups is 1. The summed E-state index contributed by atoms with van der Waals surface area (Å²) in [5.41, 5.74) is 2.23. The SMILES string of the molecule is CN(Cc1cnn(Cc2ccccc2)c1)C(=O)c1cccc([N+](=O)[O-])c1. The number of nitrogens with zero attached hydrogens (tertiary/aromatic N) is 4. The number of aromatic nitrogens is 2. The molecular formula is C19H18N4O3. The van der Waals surface area contributed by atoms with Crippen LogP contribution in [-0.4, -0.2) is 32.6 Å². The van der Waals surface area contributed by atoms with Gasteiger partial charge in [-0.1, -0.05) is 36.4 Å². The van der Waals surface area contributed by atoms with Crippen LogP contribution in [0.15, 0.2) is 67.0 Å². The lowest BCUT2D eigenvalue weighted by molar-refractivity contribution is -0.384. The predicted molar refractivity (Wildman–Crippen MR) is 96.7 cm³/mol. The van der Waals surface area contributed by atoms with Crippen molar-refractivity contribution >= 4 is 11.6 Å². The number of benzene rings is 2. The van der Waals surface area contributed by atoms with Gasteiger partial charge in [-0.15, -0.1) is 0 Å². The van der Waals surface area contributed by atoms with Gasteiger partial charge in [0, 0.05) is 43.0 Å². The molecule has 1 aromatic heterocycles. The van der Waals surface area contributed by atoms with Crippen LogP contribution in [-0.2, 0) is 13.1 Å². The summed E-state index contributed by atoms with van der Waals surface area (Å²) < 4.78 is 1.82. The molecule has 3 rings (SSSR count). The van der Waals surface area contributed by atoms with Crippen molar-refractivity contribution in [2.24, 2.45) is 0 Å². The van der Waals surface area contributed by atoms with E-state index in [1.165, 1.54) is 23.1 Å². The van der Waals surface area contributed by atoms with Gasteiger partial charge in [-0.05, 0) is 11.6 Å². The van der Waals surface area contributed by atoms with E-state index < -0.39 is 4.92 Å². The summed E-state index contributed by atoms with van der Waals surface area (Å²) in [6.45, 7) is 1.03. The first-order chi connectivity index (χ1) is 12.5. The smallest absolute Gasteiger partial charge is 0.270 e. The van der Waals surface area contributed by atoms with Gasteiger partial charge in [0.25, 0.3) is 11.6 Å². The predicted octanol–water partition coefficient (Wildman–Crippen LogP) is 3.11. The van der Waals surface area contributed by atoms with Crippen LogP contribution in [0.25, 0.3) is 0 Å². The van der Waals surface area contributed by atoms with Gasteiger partial charge in [-0.25, -0.2) is 0 Å². The molecule has 0 aliphatic heterocycles. The average Bonchev–Trinajstić information content (AvgIpc) is 3.08. The number of hydrogen-bond donors (Lipinski definition) is 0. The third-order valence-corrected chi connectivity index (χ3v) is 3.94. The molecule has 0 aliphatic carbocycles. The topological polar surface area (TPSA) is 81.3 Å². The Labute approximate surface area is 150 Å². The number of nitro groups is 1. The molecule has 26 heavy (non-hydrogen) atoms. The second-order valence-corrected chi connectivity index (χ2v) is 6.00. The first kappa shape index (κ1) is 17.3. The van der Waals surface area contributed by atoms with Gasteiger partial charge < -0.3 is 4.90 Å². The lowest BCUT2D eigenvalue weighted by Gasteiger charge is -2.16. The second kappa shape index (κ2) is 7.60. The minimum atomic E-state index is -0.510. The summed E-state index contributed by atoms with van der Waals surface area (Å²) in [6.07, 6.45) is 3.62. The molecule has 7 nitrogen and oxygen atoms in total. The zero-order valence-corrected chi connectivity index (χ0v) is 14.3. The normalized spacial score (nSPS) is 10.5. The molecule has 0 spiro atoms. The summed E-state index contributed by atoms with van der Waals surface area (Å²) in [7, 11) is 1.66. The molecular weight excluding hydrogens is 332 g/mol. The highest BCUT2D eigenvalue weighted by Gasteiger charge is 2.16. The van der Waals surface area contributed by atoms with Crippen LogP contribution >= 0.6 is 0 Å². The highest BCUT2D eigenvalue weighted by atomic mass is 16.6. The molecule has 1 heterocycles. The monoisotopic (exact) mass is 350 g/mol. The lowest BCUT2D eigenvalue weighted by Crippen LogP contribution is -2.26. The van der Waals surface area contributed by atoms with Crippen molar-refractivity contribution in [1.82, 2.24) is 14.7 Å². The Bertz CT molecular complexity index is 921. The largest absolute Gasteiger partial charge is 0.337 e. The molecule has 0 saturated carbocycles. The van der Waals surface area contributed by atoms with Crippen LogP contribution in [0.1, 0.15) is 21.5 Å². The van der Waals surface area contributed by atoms with E-state index in [-0.39, 0.29) is 11.6 Å². The maximum atomic E-state index is 12.5. The van der Waals surface area contributed by atoms with Crippen molar-refractivity contribution < 1.29 is 9.72 Å². The molecule has 0 fully saturated rings. The number of non-ortho nitro benzene ring substituents is 1. The van der Waals surface area contributed by atoms with E-state index in [0.29, 0.717) is 18.7 Å². The first-order valence-corrected chi connectivity index (χ1v) is 8.08. The van der Waals surface area contributed by atoms with E-state index in [2.05, 4.69) is 5.10 Å². The van der Waals surface area contributed by atoms with E-state index in [1.807, 2.05) is 41.2 Å². The zero-order chi connectivity index (χ0) is 18.5. The zero-order valence-electron chi connectivity index (χ0n) is 14.3.